The van der Waals surface area contributed by atoms with Crippen LogP contribution in [-0.4, -0.2) is 25.4 Å². The zero-order valence-corrected chi connectivity index (χ0v) is 16.2. The molecule has 0 spiro atoms. The Labute approximate surface area is 161 Å². The Hall–Kier alpha value is -2.57. The maximum Gasteiger partial charge on any atom is 0.204 e. The highest BCUT2D eigenvalue weighted by atomic mass is 35.5. The number of hydrazone groups is 1. The van der Waals surface area contributed by atoms with Crippen molar-refractivity contribution in [2.75, 3.05) is 19.6 Å². The number of aryl methyl sites for hydroxylation is 1. The van der Waals surface area contributed by atoms with Gasteiger partial charge in [0.1, 0.15) is 0 Å². The van der Waals surface area contributed by atoms with E-state index in [0.29, 0.717) is 27.2 Å². The molecule has 0 aliphatic heterocycles. The Bertz CT molecular complexity index is 926. The number of hydrogen-bond donors (Lipinski definition) is 1. The number of ether oxygens (including phenoxy) is 2. The SMILES string of the molecule is COc1ccc(/C=N\Nc2nc(-c3ccccc3)c(C)s2)c(Cl)c1OC. The van der Waals surface area contributed by atoms with Gasteiger partial charge in [0.15, 0.2) is 11.5 Å². The van der Waals surface area contributed by atoms with Crippen LogP contribution in [-0.2, 0) is 0 Å². The van der Waals surface area contributed by atoms with Gasteiger partial charge in [-0.25, -0.2) is 4.98 Å². The van der Waals surface area contributed by atoms with Crippen LogP contribution in [0.15, 0.2) is 47.6 Å². The van der Waals surface area contributed by atoms with Crippen LogP contribution in [0.25, 0.3) is 11.3 Å². The van der Waals surface area contributed by atoms with Crippen LogP contribution in [0.4, 0.5) is 5.13 Å². The molecule has 0 saturated carbocycles. The van der Waals surface area contributed by atoms with Crippen molar-refractivity contribution in [3.8, 4) is 22.8 Å². The summed E-state index contributed by atoms with van der Waals surface area (Å²) in [6, 6.07) is 13.7. The van der Waals surface area contributed by atoms with Crippen LogP contribution in [0.2, 0.25) is 5.02 Å². The fourth-order valence-corrected chi connectivity index (χ4v) is 3.54. The van der Waals surface area contributed by atoms with Crippen LogP contribution in [0.3, 0.4) is 0 Å². The molecule has 0 fully saturated rings. The summed E-state index contributed by atoms with van der Waals surface area (Å²) in [5.74, 6) is 1.06. The number of nitrogens with zero attached hydrogens (tertiary/aromatic N) is 2. The summed E-state index contributed by atoms with van der Waals surface area (Å²) in [6.45, 7) is 2.04. The number of halogens is 1. The summed E-state index contributed by atoms with van der Waals surface area (Å²) in [5.41, 5.74) is 5.72. The molecule has 7 heteroatoms. The second-order valence-corrected chi connectivity index (χ2v) is 6.95. The third-order valence-corrected chi connectivity index (χ3v) is 4.99. The van der Waals surface area contributed by atoms with Crippen molar-refractivity contribution in [3.63, 3.8) is 0 Å². The Kier molecular flexibility index (Phi) is 5.75. The summed E-state index contributed by atoms with van der Waals surface area (Å²) >= 11 is 7.90. The van der Waals surface area contributed by atoms with E-state index in [1.165, 1.54) is 0 Å². The molecule has 3 aromatic rings. The average molecular weight is 388 g/mol. The second kappa shape index (κ2) is 8.21. The van der Waals surface area contributed by atoms with Crippen molar-refractivity contribution in [1.29, 1.82) is 0 Å². The van der Waals surface area contributed by atoms with Crippen LogP contribution >= 0.6 is 22.9 Å². The largest absolute Gasteiger partial charge is 0.493 e. The molecule has 3 rings (SSSR count). The van der Waals surface area contributed by atoms with Gasteiger partial charge in [-0.15, -0.1) is 11.3 Å². The molecule has 1 aromatic heterocycles. The van der Waals surface area contributed by atoms with Gasteiger partial charge in [0.25, 0.3) is 0 Å². The zero-order valence-electron chi connectivity index (χ0n) is 14.6. The monoisotopic (exact) mass is 387 g/mol. The first-order valence-corrected chi connectivity index (χ1v) is 9.06. The smallest absolute Gasteiger partial charge is 0.204 e. The van der Waals surface area contributed by atoms with E-state index < -0.39 is 0 Å². The molecule has 134 valence electrons. The average Bonchev–Trinajstić information content (AvgIpc) is 3.04. The first-order chi connectivity index (χ1) is 12.6. The fourth-order valence-electron chi connectivity index (χ4n) is 2.47. The van der Waals surface area contributed by atoms with Gasteiger partial charge in [-0.1, -0.05) is 41.9 Å². The number of aromatic nitrogens is 1. The first-order valence-electron chi connectivity index (χ1n) is 7.86. The summed E-state index contributed by atoms with van der Waals surface area (Å²) in [5, 5.41) is 5.40. The molecular weight excluding hydrogens is 370 g/mol. The lowest BCUT2D eigenvalue weighted by Crippen LogP contribution is -1.96. The Morgan fingerprint density at radius 3 is 2.58 bits per heavy atom. The molecule has 0 amide bonds. The molecule has 5 nitrogen and oxygen atoms in total. The number of methoxy groups -OCH3 is 2. The highest BCUT2D eigenvalue weighted by Gasteiger charge is 2.12. The predicted molar refractivity (Wildman–Crippen MR) is 108 cm³/mol. The minimum Gasteiger partial charge on any atom is -0.493 e. The molecule has 0 atom stereocenters. The second-order valence-electron chi connectivity index (χ2n) is 5.36. The van der Waals surface area contributed by atoms with Gasteiger partial charge in [-0.3, -0.25) is 5.43 Å². The van der Waals surface area contributed by atoms with Crippen LogP contribution in [0.1, 0.15) is 10.4 Å². The fraction of sp³-hybridized carbons (Fsp3) is 0.158. The first kappa shape index (κ1) is 18.2. The number of nitrogens with one attached hydrogen (secondary N) is 1. The zero-order chi connectivity index (χ0) is 18.5. The quantitative estimate of drug-likeness (QED) is 0.464. The lowest BCUT2D eigenvalue weighted by molar-refractivity contribution is 0.355. The third-order valence-electron chi connectivity index (χ3n) is 3.72. The highest BCUT2D eigenvalue weighted by Crippen LogP contribution is 2.36. The molecule has 1 N–H and O–H groups in total. The topological polar surface area (TPSA) is 55.7 Å². The number of benzene rings is 2. The van der Waals surface area contributed by atoms with Gasteiger partial charge in [0.05, 0.1) is 31.2 Å². The van der Waals surface area contributed by atoms with Gasteiger partial charge < -0.3 is 9.47 Å². The van der Waals surface area contributed by atoms with Crippen molar-refractivity contribution in [2.24, 2.45) is 5.10 Å². The molecule has 2 aromatic carbocycles. The minimum atomic E-state index is 0.442. The van der Waals surface area contributed by atoms with Gasteiger partial charge in [-0.05, 0) is 19.1 Å². The number of hydrogen-bond acceptors (Lipinski definition) is 6. The van der Waals surface area contributed by atoms with Crippen LogP contribution < -0.4 is 14.9 Å². The van der Waals surface area contributed by atoms with Crippen LogP contribution in [0.5, 0.6) is 11.5 Å². The summed E-state index contributed by atoms with van der Waals surface area (Å²) in [4.78, 5) is 5.73. The van der Waals surface area contributed by atoms with Crippen molar-refractivity contribution in [2.45, 2.75) is 6.92 Å². The molecule has 1 heterocycles. The minimum absolute atomic E-state index is 0.442. The van der Waals surface area contributed by atoms with Gasteiger partial charge in [0, 0.05) is 16.0 Å². The molecule has 26 heavy (non-hydrogen) atoms. The normalized spacial score (nSPS) is 10.9. The number of anilines is 1. The molecular formula is C19H18ClN3O2S. The molecule has 0 unspecified atom stereocenters. The lowest BCUT2D eigenvalue weighted by atomic mass is 10.1. The maximum atomic E-state index is 6.35. The molecule has 0 saturated heterocycles. The molecule has 0 bridgehead atoms. The van der Waals surface area contributed by atoms with E-state index >= 15 is 0 Å². The van der Waals surface area contributed by atoms with Crippen molar-refractivity contribution in [1.82, 2.24) is 4.98 Å². The molecule has 0 aliphatic carbocycles. The van der Waals surface area contributed by atoms with Gasteiger partial charge in [0.2, 0.25) is 5.13 Å². The number of thiazole rings is 1. The van der Waals surface area contributed by atoms with E-state index in [0.717, 1.165) is 16.1 Å². The van der Waals surface area contributed by atoms with Crippen molar-refractivity contribution in [3.05, 3.63) is 57.9 Å². The van der Waals surface area contributed by atoms with Crippen molar-refractivity contribution >= 4 is 34.3 Å². The lowest BCUT2D eigenvalue weighted by Gasteiger charge is -2.10. The van der Waals surface area contributed by atoms with Gasteiger partial charge >= 0.3 is 0 Å². The summed E-state index contributed by atoms with van der Waals surface area (Å²) in [7, 11) is 3.12. The van der Waals surface area contributed by atoms with Crippen molar-refractivity contribution < 1.29 is 9.47 Å². The predicted octanol–water partition coefficient (Wildman–Crippen LogP) is 5.24. The summed E-state index contributed by atoms with van der Waals surface area (Å²) in [6.07, 6.45) is 1.63. The maximum absolute atomic E-state index is 6.35. The van der Waals surface area contributed by atoms with E-state index in [-0.39, 0.29) is 0 Å². The van der Waals surface area contributed by atoms with Gasteiger partial charge in [-0.2, -0.15) is 5.10 Å². The van der Waals surface area contributed by atoms with E-state index in [9.17, 15) is 0 Å². The highest BCUT2D eigenvalue weighted by molar-refractivity contribution is 7.15. The third kappa shape index (κ3) is 3.81. The Balaban J connectivity index is 1.78. The Morgan fingerprint density at radius 1 is 1.12 bits per heavy atom. The van der Waals surface area contributed by atoms with E-state index in [4.69, 9.17) is 21.1 Å². The Morgan fingerprint density at radius 2 is 1.88 bits per heavy atom. The number of rotatable bonds is 6. The van der Waals surface area contributed by atoms with Crippen LogP contribution in [0, 0.1) is 6.92 Å². The van der Waals surface area contributed by atoms with E-state index in [1.54, 1.807) is 37.8 Å². The van der Waals surface area contributed by atoms with E-state index in [1.807, 2.05) is 43.3 Å². The van der Waals surface area contributed by atoms with E-state index in [2.05, 4.69) is 15.5 Å². The standard InChI is InChI=1S/C19H18ClN3O2S/c1-12-17(13-7-5-4-6-8-13)22-19(26-12)23-21-11-14-9-10-15(24-2)18(25-3)16(14)20/h4-11H,1-3H3,(H,22,23)/b21-11-. The molecule has 0 aliphatic rings. The molecule has 0 radical (unpaired) electrons. The summed E-state index contributed by atoms with van der Waals surface area (Å²) < 4.78 is 10.5.